The van der Waals surface area contributed by atoms with E-state index < -0.39 is 0 Å². The molecule has 78 valence electrons. The second-order valence-corrected chi connectivity index (χ2v) is 4.47. The van der Waals surface area contributed by atoms with Crippen LogP contribution in [0.5, 0.6) is 0 Å². The van der Waals surface area contributed by atoms with Crippen LogP contribution in [0.25, 0.3) is 0 Å². The molecule has 0 spiro atoms. The van der Waals surface area contributed by atoms with Crippen LogP contribution in [-0.4, -0.2) is 15.6 Å². The Morgan fingerprint density at radius 2 is 1.77 bits per heavy atom. The molecule has 0 aromatic heterocycles. The zero-order valence-electron chi connectivity index (χ0n) is 8.26. The first-order valence-corrected chi connectivity index (χ1v) is 6.03. The van der Waals surface area contributed by atoms with Gasteiger partial charge in [-0.3, -0.25) is 3.93 Å². The van der Waals surface area contributed by atoms with Crippen molar-refractivity contribution >= 4 is 33.5 Å². The maximum atomic E-state index is 5.41. The molecule has 0 radical (unpaired) electrons. The summed E-state index contributed by atoms with van der Waals surface area (Å²) in [6.07, 6.45) is 7.76. The zero-order valence-corrected chi connectivity index (χ0v) is 10.7. The highest BCUT2D eigenvalue weighted by Gasteiger charge is 1.99. The number of hydrogen-bond donors (Lipinski definition) is 1. The average molecular weight is 267 g/mol. The minimum absolute atomic E-state index is 0.425. The van der Waals surface area contributed by atoms with Crippen molar-refractivity contribution in [1.82, 2.24) is 3.93 Å². The van der Waals surface area contributed by atoms with Crippen molar-refractivity contribution in [3.63, 3.8) is 0 Å². The normalized spacial score (nSPS) is 10.0. The third-order valence-corrected chi connectivity index (χ3v) is 3.14. The molecule has 0 aliphatic carbocycles. The Labute approximate surface area is 95.2 Å². The molecule has 0 rings (SSSR count). The summed E-state index contributed by atoms with van der Waals surface area (Å²) in [5.41, 5.74) is 5.41. The van der Waals surface area contributed by atoms with E-state index in [0.29, 0.717) is 5.11 Å². The number of rotatable bonds is 7. The van der Waals surface area contributed by atoms with Gasteiger partial charge in [0, 0.05) is 6.54 Å². The van der Waals surface area contributed by atoms with Gasteiger partial charge >= 0.3 is 0 Å². The Balaban J connectivity index is 3.11. The van der Waals surface area contributed by atoms with E-state index in [1.54, 1.807) is 3.93 Å². The fourth-order valence-corrected chi connectivity index (χ4v) is 1.48. The van der Waals surface area contributed by atoms with Crippen LogP contribution in [-0.2, 0) is 0 Å². The third-order valence-electron chi connectivity index (χ3n) is 1.95. The number of halogens is 1. The van der Waals surface area contributed by atoms with Gasteiger partial charge in [0.1, 0.15) is 0 Å². The van der Waals surface area contributed by atoms with Gasteiger partial charge in [0.15, 0.2) is 5.11 Å². The van der Waals surface area contributed by atoms with E-state index in [1.165, 1.54) is 32.1 Å². The molecule has 0 bridgehead atoms. The Kier molecular flexibility index (Phi) is 8.87. The van der Waals surface area contributed by atoms with Gasteiger partial charge in [0.25, 0.3) is 0 Å². The summed E-state index contributed by atoms with van der Waals surface area (Å²) < 4.78 is 1.75. The van der Waals surface area contributed by atoms with Gasteiger partial charge in [-0.25, -0.2) is 0 Å². The van der Waals surface area contributed by atoms with Crippen LogP contribution in [0, 0.1) is 0 Å². The first-order chi connectivity index (χ1) is 6.18. The monoisotopic (exact) mass is 266 g/mol. The Morgan fingerprint density at radius 3 is 2.31 bits per heavy atom. The van der Waals surface area contributed by atoms with Crippen molar-refractivity contribution in [3.05, 3.63) is 0 Å². The number of nitrogens with two attached hydrogens (primary N) is 1. The molecule has 4 heteroatoms. The summed E-state index contributed by atoms with van der Waals surface area (Å²) in [7, 11) is 0. The van der Waals surface area contributed by atoms with Crippen LogP contribution in [0.1, 0.15) is 45.4 Å². The standard InChI is InChI=1S/C9H19BrN2S/c1-2-3-4-5-6-7-8-12(10)9(11)13/h2-8H2,1H3,(H2,11,13). The van der Waals surface area contributed by atoms with E-state index in [2.05, 4.69) is 23.1 Å². The molecule has 0 aliphatic rings. The second-order valence-electron chi connectivity index (χ2n) is 3.19. The maximum absolute atomic E-state index is 5.41. The molecule has 0 atom stereocenters. The Bertz CT molecular complexity index is 142. The van der Waals surface area contributed by atoms with E-state index in [1.807, 2.05) is 0 Å². The first-order valence-electron chi connectivity index (χ1n) is 4.91. The van der Waals surface area contributed by atoms with Crippen LogP contribution in [0.15, 0.2) is 0 Å². The summed E-state index contributed by atoms with van der Waals surface area (Å²) >= 11 is 8.09. The first kappa shape index (κ1) is 13.2. The molecule has 2 N–H and O–H groups in total. The minimum Gasteiger partial charge on any atom is -0.375 e. The predicted octanol–water partition coefficient (Wildman–Crippen LogP) is 3.20. The largest absolute Gasteiger partial charge is 0.375 e. The van der Waals surface area contributed by atoms with Gasteiger partial charge < -0.3 is 5.73 Å². The molecular formula is C9H19BrN2S. The van der Waals surface area contributed by atoms with E-state index >= 15 is 0 Å². The van der Waals surface area contributed by atoms with Crippen LogP contribution < -0.4 is 5.73 Å². The Morgan fingerprint density at radius 1 is 1.23 bits per heavy atom. The van der Waals surface area contributed by atoms with Gasteiger partial charge in [0.2, 0.25) is 0 Å². The van der Waals surface area contributed by atoms with Crippen LogP contribution in [0.3, 0.4) is 0 Å². The van der Waals surface area contributed by atoms with E-state index in [9.17, 15) is 0 Å². The van der Waals surface area contributed by atoms with Gasteiger partial charge in [-0.1, -0.05) is 39.0 Å². The molecule has 0 aliphatic heterocycles. The van der Waals surface area contributed by atoms with Crippen LogP contribution in [0.4, 0.5) is 0 Å². The maximum Gasteiger partial charge on any atom is 0.176 e. The highest BCUT2D eigenvalue weighted by Crippen LogP contribution is 2.07. The van der Waals surface area contributed by atoms with Crippen molar-refractivity contribution in [3.8, 4) is 0 Å². The lowest BCUT2D eigenvalue weighted by Crippen LogP contribution is -2.27. The summed E-state index contributed by atoms with van der Waals surface area (Å²) in [6, 6.07) is 0. The molecule has 0 aromatic carbocycles. The second kappa shape index (κ2) is 8.75. The molecule has 0 fully saturated rings. The summed E-state index contributed by atoms with van der Waals surface area (Å²) in [5.74, 6) is 0. The number of thiocarbonyl (C=S) groups is 1. The number of unbranched alkanes of at least 4 members (excludes halogenated alkanes) is 5. The van der Waals surface area contributed by atoms with E-state index in [-0.39, 0.29) is 0 Å². The topological polar surface area (TPSA) is 29.3 Å². The van der Waals surface area contributed by atoms with Crippen molar-refractivity contribution in [2.24, 2.45) is 5.73 Å². The molecule has 0 saturated heterocycles. The lowest BCUT2D eigenvalue weighted by Gasteiger charge is -2.12. The van der Waals surface area contributed by atoms with E-state index in [4.69, 9.17) is 18.0 Å². The van der Waals surface area contributed by atoms with Crippen molar-refractivity contribution in [1.29, 1.82) is 0 Å². The zero-order chi connectivity index (χ0) is 10.1. The van der Waals surface area contributed by atoms with Gasteiger partial charge in [-0.15, -0.1) is 0 Å². The predicted molar refractivity (Wildman–Crippen MR) is 65.8 cm³/mol. The summed E-state index contributed by atoms with van der Waals surface area (Å²) in [5, 5.41) is 0.425. The van der Waals surface area contributed by atoms with Crippen molar-refractivity contribution in [2.45, 2.75) is 45.4 Å². The van der Waals surface area contributed by atoms with E-state index in [0.717, 1.165) is 13.0 Å². The molecule has 2 nitrogen and oxygen atoms in total. The fourth-order valence-electron chi connectivity index (χ4n) is 1.14. The quantitative estimate of drug-likeness (QED) is 0.436. The highest BCUT2D eigenvalue weighted by molar-refractivity contribution is 9.07. The Hall–Kier alpha value is 0.170. The van der Waals surface area contributed by atoms with Crippen molar-refractivity contribution < 1.29 is 0 Å². The van der Waals surface area contributed by atoms with Crippen LogP contribution >= 0.6 is 28.4 Å². The van der Waals surface area contributed by atoms with Gasteiger partial charge in [-0.2, -0.15) is 0 Å². The highest BCUT2D eigenvalue weighted by atomic mass is 79.9. The average Bonchev–Trinajstić information content (AvgIpc) is 2.10. The number of nitrogens with zero attached hydrogens (tertiary/aromatic N) is 1. The molecule has 0 aromatic rings. The van der Waals surface area contributed by atoms with Gasteiger partial charge in [-0.05, 0) is 18.6 Å². The van der Waals surface area contributed by atoms with Crippen molar-refractivity contribution in [2.75, 3.05) is 6.54 Å². The molecule has 0 amide bonds. The molecule has 13 heavy (non-hydrogen) atoms. The lowest BCUT2D eigenvalue weighted by molar-refractivity contribution is 0.564. The summed E-state index contributed by atoms with van der Waals surface area (Å²) in [6.45, 7) is 3.15. The molecule has 0 unspecified atom stereocenters. The minimum atomic E-state index is 0.425. The molecular weight excluding hydrogens is 248 g/mol. The SMILES string of the molecule is CCCCCCCCN(Br)C(N)=S. The molecule has 0 heterocycles. The lowest BCUT2D eigenvalue weighted by atomic mass is 10.1. The molecule has 0 saturated carbocycles. The summed E-state index contributed by atoms with van der Waals surface area (Å²) in [4.78, 5) is 0. The fraction of sp³-hybridized carbons (Fsp3) is 0.889. The third kappa shape index (κ3) is 8.50. The van der Waals surface area contributed by atoms with Gasteiger partial charge in [0.05, 0.1) is 16.1 Å². The van der Waals surface area contributed by atoms with Crippen LogP contribution in [0.2, 0.25) is 0 Å². The number of hydrogen-bond acceptors (Lipinski definition) is 1. The smallest absolute Gasteiger partial charge is 0.176 e.